The van der Waals surface area contributed by atoms with E-state index in [1.165, 1.54) is 0 Å². The molecule has 0 saturated heterocycles. The summed E-state index contributed by atoms with van der Waals surface area (Å²) < 4.78 is 18.7. The van der Waals surface area contributed by atoms with Crippen molar-refractivity contribution in [3.8, 4) is 23.0 Å². The first-order valence-electron chi connectivity index (χ1n) is 6.55. The molecule has 0 atom stereocenters. The predicted octanol–water partition coefficient (Wildman–Crippen LogP) is 1.87. The van der Waals surface area contributed by atoms with E-state index in [9.17, 15) is 19.2 Å². The van der Waals surface area contributed by atoms with Crippen molar-refractivity contribution in [1.29, 1.82) is 0 Å². The highest BCUT2D eigenvalue weighted by Gasteiger charge is 2.22. The molecule has 0 heterocycles. The van der Waals surface area contributed by atoms with Crippen LogP contribution in [-0.2, 0) is 0 Å². The van der Waals surface area contributed by atoms with E-state index in [0.29, 0.717) is 0 Å². The van der Waals surface area contributed by atoms with Crippen LogP contribution in [0.25, 0.3) is 10.8 Å². The van der Waals surface area contributed by atoms with Gasteiger partial charge in [-0.25, -0.2) is 19.2 Å². The van der Waals surface area contributed by atoms with Crippen LogP contribution in [0.3, 0.4) is 0 Å². The molecular formula is C14H10N2O10. The minimum atomic E-state index is -1.72. The van der Waals surface area contributed by atoms with Crippen LogP contribution in [0.1, 0.15) is 0 Å². The van der Waals surface area contributed by atoms with Gasteiger partial charge in [-0.1, -0.05) is 0 Å². The van der Waals surface area contributed by atoms with Crippen molar-refractivity contribution in [3.63, 3.8) is 0 Å². The van der Waals surface area contributed by atoms with Gasteiger partial charge in [0.15, 0.2) is 0 Å². The Hall–Kier alpha value is -4.22. The number of carbonyl (C=O) groups is 4. The molecule has 0 saturated carbocycles. The van der Waals surface area contributed by atoms with Crippen LogP contribution in [0.15, 0.2) is 24.3 Å². The second-order valence-electron chi connectivity index (χ2n) is 4.45. The summed E-state index contributed by atoms with van der Waals surface area (Å²) >= 11 is 0. The minimum Gasteiger partial charge on any atom is -0.449 e. The summed E-state index contributed by atoms with van der Waals surface area (Å²) in [6.45, 7) is 0. The van der Waals surface area contributed by atoms with Crippen LogP contribution in [0.5, 0.6) is 23.0 Å². The standard InChI is InChI=1S/C14H10N2O10/c15-11(17)23-5-1-2-6(24-12(16)18)10-8(26-14(21)22)4-3-7(9(5)10)25-13(19)20/h1-4H,(H2,15,17)(H2,16,18)(H,19,20)(H,21,22). The molecule has 0 aliphatic carbocycles. The van der Waals surface area contributed by atoms with E-state index < -0.39 is 24.5 Å². The zero-order valence-corrected chi connectivity index (χ0v) is 12.6. The van der Waals surface area contributed by atoms with Gasteiger partial charge >= 0.3 is 24.5 Å². The Balaban J connectivity index is 2.88. The largest absolute Gasteiger partial charge is 0.511 e. The quantitative estimate of drug-likeness (QED) is 0.457. The van der Waals surface area contributed by atoms with Crippen molar-refractivity contribution < 1.29 is 48.3 Å². The number of primary amides is 2. The van der Waals surface area contributed by atoms with Crippen molar-refractivity contribution in [2.24, 2.45) is 11.5 Å². The molecule has 2 aromatic carbocycles. The molecule has 0 aliphatic rings. The monoisotopic (exact) mass is 366 g/mol. The Labute approximate surface area is 143 Å². The van der Waals surface area contributed by atoms with Gasteiger partial charge in [0.2, 0.25) is 0 Å². The van der Waals surface area contributed by atoms with Gasteiger partial charge in [-0.2, -0.15) is 0 Å². The number of carbonyl (C=O) groups excluding carboxylic acids is 2. The molecule has 12 heteroatoms. The first-order chi connectivity index (χ1) is 12.2. The first kappa shape index (κ1) is 18.1. The SMILES string of the molecule is NC(=O)Oc1ccc(OC(N)=O)c2c(OC(=O)O)ccc(OC(=O)O)c12. The number of rotatable bonds is 4. The number of ether oxygens (including phenoxy) is 4. The van der Waals surface area contributed by atoms with Crippen molar-refractivity contribution in [3.05, 3.63) is 24.3 Å². The molecule has 2 aromatic rings. The summed E-state index contributed by atoms with van der Waals surface area (Å²) in [6, 6.07) is 4.28. The maximum Gasteiger partial charge on any atom is 0.511 e. The van der Waals surface area contributed by atoms with Gasteiger partial charge in [0, 0.05) is 0 Å². The fourth-order valence-corrected chi connectivity index (χ4v) is 2.12. The summed E-state index contributed by atoms with van der Waals surface area (Å²) in [7, 11) is 0. The highest BCUT2D eigenvalue weighted by atomic mass is 16.7. The smallest absolute Gasteiger partial charge is 0.449 e. The maximum atomic E-state index is 11.1. The molecule has 6 N–H and O–H groups in total. The fraction of sp³-hybridized carbons (Fsp3) is 0. The predicted molar refractivity (Wildman–Crippen MR) is 81.7 cm³/mol. The molecule has 0 bridgehead atoms. The average molecular weight is 366 g/mol. The molecule has 0 spiro atoms. The number of amides is 2. The highest BCUT2D eigenvalue weighted by molar-refractivity contribution is 6.04. The Morgan fingerprint density at radius 1 is 0.615 bits per heavy atom. The van der Waals surface area contributed by atoms with Crippen LogP contribution in [0, 0.1) is 0 Å². The van der Waals surface area contributed by atoms with E-state index in [2.05, 4.69) is 9.47 Å². The Morgan fingerprint density at radius 2 is 0.885 bits per heavy atom. The normalized spacial score (nSPS) is 10.0. The molecule has 136 valence electrons. The average Bonchev–Trinajstić information content (AvgIpc) is 2.49. The third kappa shape index (κ3) is 4.00. The fourth-order valence-electron chi connectivity index (χ4n) is 2.12. The molecule has 0 radical (unpaired) electrons. The molecule has 2 amide bonds. The summed E-state index contributed by atoms with van der Waals surface area (Å²) in [6.07, 6.45) is -5.93. The van der Waals surface area contributed by atoms with E-state index in [1.54, 1.807) is 0 Å². The second-order valence-corrected chi connectivity index (χ2v) is 4.45. The molecule has 12 nitrogen and oxygen atoms in total. The summed E-state index contributed by atoms with van der Waals surface area (Å²) in [5.41, 5.74) is 9.91. The lowest BCUT2D eigenvalue weighted by Crippen LogP contribution is -2.18. The number of hydrogen-bond donors (Lipinski definition) is 4. The molecule has 26 heavy (non-hydrogen) atoms. The molecule has 0 unspecified atom stereocenters. The van der Waals surface area contributed by atoms with Crippen LogP contribution in [0.2, 0.25) is 0 Å². The summed E-state index contributed by atoms with van der Waals surface area (Å²) in [5, 5.41) is 17.2. The van der Waals surface area contributed by atoms with E-state index in [1.807, 2.05) is 0 Å². The van der Waals surface area contributed by atoms with Gasteiger partial charge in [-0.3, -0.25) is 0 Å². The van der Waals surface area contributed by atoms with Crippen LogP contribution < -0.4 is 30.4 Å². The van der Waals surface area contributed by atoms with E-state index >= 15 is 0 Å². The van der Waals surface area contributed by atoms with Gasteiger partial charge in [0.05, 0.1) is 10.8 Å². The lowest BCUT2D eigenvalue weighted by molar-refractivity contribution is 0.142. The molecule has 0 aliphatic heterocycles. The topological polar surface area (TPSA) is 198 Å². The number of nitrogens with two attached hydrogens (primary N) is 2. The lowest BCUT2D eigenvalue weighted by atomic mass is 10.1. The highest BCUT2D eigenvalue weighted by Crippen LogP contribution is 2.44. The number of hydrogen-bond acceptors (Lipinski definition) is 8. The van der Waals surface area contributed by atoms with Crippen LogP contribution >= 0.6 is 0 Å². The van der Waals surface area contributed by atoms with Crippen molar-refractivity contribution in [2.75, 3.05) is 0 Å². The van der Waals surface area contributed by atoms with Gasteiger partial charge in [0.1, 0.15) is 23.0 Å². The van der Waals surface area contributed by atoms with Crippen LogP contribution in [-0.4, -0.2) is 34.7 Å². The minimum absolute atomic E-state index is 0.260. The van der Waals surface area contributed by atoms with Gasteiger partial charge < -0.3 is 40.6 Å². The van der Waals surface area contributed by atoms with E-state index in [-0.39, 0.29) is 33.8 Å². The Kier molecular flexibility index (Phi) is 4.97. The number of fused-ring (bicyclic) bond motifs is 1. The van der Waals surface area contributed by atoms with Gasteiger partial charge in [-0.05, 0) is 24.3 Å². The second kappa shape index (κ2) is 7.12. The first-order valence-corrected chi connectivity index (χ1v) is 6.55. The van der Waals surface area contributed by atoms with Gasteiger partial charge in [0.25, 0.3) is 0 Å². The molecule has 2 rings (SSSR count). The Bertz CT molecular complexity index is 778. The zero-order valence-electron chi connectivity index (χ0n) is 12.6. The molecular weight excluding hydrogens is 356 g/mol. The number of carboxylic acid groups (broad SMARTS) is 2. The summed E-state index contributed by atoms with van der Waals surface area (Å²) in [5.74, 6) is -1.37. The van der Waals surface area contributed by atoms with Gasteiger partial charge in [-0.15, -0.1) is 0 Å². The lowest BCUT2D eigenvalue weighted by Gasteiger charge is -2.15. The van der Waals surface area contributed by atoms with Crippen molar-refractivity contribution >= 4 is 35.3 Å². The van der Waals surface area contributed by atoms with Crippen molar-refractivity contribution in [1.82, 2.24) is 0 Å². The molecule has 0 aromatic heterocycles. The maximum absolute atomic E-state index is 11.1. The zero-order chi connectivity index (χ0) is 19.4. The molecule has 0 fully saturated rings. The third-order valence-corrected chi connectivity index (χ3v) is 2.82. The van der Waals surface area contributed by atoms with E-state index in [4.69, 9.17) is 31.2 Å². The van der Waals surface area contributed by atoms with Crippen molar-refractivity contribution in [2.45, 2.75) is 0 Å². The number of benzene rings is 2. The third-order valence-electron chi connectivity index (χ3n) is 2.82. The summed E-state index contributed by atoms with van der Waals surface area (Å²) in [4.78, 5) is 43.9. The van der Waals surface area contributed by atoms with Crippen LogP contribution in [0.4, 0.5) is 19.2 Å². The van der Waals surface area contributed by atoms with E-state index in [0.717, 1.165) is 24.3 Å². The Morgan fingerprint density at radius 3 is 1.12 bits per heavy atom.